The molecule has 2 N–H and O–H groups in total. The lowest BCUT2D eigenvalue weighted by Crippen LogP contribution is -2.35. The van der Waals surface area contributed by atoms with Crippen LogP contribution < -0.4 is 10.6 Å². The van der Waals surface area contributed by atoms with Gasteiger partial charge in [-0.2, -0.15) is 0 Å². The Morgan fingerprint density at radius 2 is 1.77 bits per heavy atom. The lowest BCUT2D eigenvalue weighted by atomic mass is 10.1. The highest BCUT2D eigenvalue weighted by Gasteiger charge is 2.15. The van der Waals surface area contributed by atoms with Crippen LogP contribution in [0.5, 0.6) is 0 Å². The van der Waals surface area contributed by atoms with Crippen LogP contribution in [0.4, 0.5) is 17.1 Å². The Hall–Kier alpha value is -2.68. The van der Waals surface area contributed by atoms with Crippen LogP contribution in [0.25, 0.3) is 0 Å². The maximum atomic E-state index is 12.3. The van der Waals surface area contributed by atoms with Crippen LogP contribution in [0.15, 0.2) is 36.4 Å². The van der Waals surface area contributed by atoms with Crippen molar-refractivity contribution in [3.8, 4) is 0 Å². The van der Waals surface area contributed by atoms with E-state index in [2.05, 4.69) is 10.6 Å². The van der Waals surface area contributed by atoms with Gasteiger partial charge in [0.1, 0.15) is 0 Å². The van der Waals surface area contributed by atoms with Crippen LogP contribution in [-0.4, -0.2) is 41.3 Å². The maximum absolute atomic E-state index is 12.3. The fraction of sp³-hybridized carbons (Fsp3) is 0.300. The third-order valence-corrected chi connectivity index (χ3v) is 5.02. The molecule has 0 bridgehead atoms. The SMILES string of the molecule is CCN(CCC(=O)Nc1ccc([N+](=O)[O-])cc1C)CC(=O)Nc1c(Cl)cccc1Cl. The summed E-state index contributed by atoms with van der Waals surface area (Å²) in [5, 5.41) is 16.9. The molecule has 0 aliphatic rings. The number of anilines is 2. The van der Waals surface area contributed by atoms with Gasteiger partial charge in [-0.25, -0.2) is 0 Å². The number of nitro benzene ring substituents is 1. The number of likely N-dealkylation sites (N-methyl/N-ethyl adjacent to an activating group) is 1. The molecule has 8 nitrogen and oxygen atoms in total. The van der Waals surface area contributed by atoms with Gasteiger partial charge in [-0.15, -0.1) is 0 Å². The molecule has 0 aliphatic carbocycles. The molecule has 30 heavy (non-hydrogen) atoms. The van der Waals surface area contributed by atoms with Crippen molar-refractivity contribution < 1.29 is 14.5 Å². The summed E-state index contributed by atoms with van der Waals surface area (Å²) in [4.78, 5) is 36.7. The van der Waals surface area contributed by atoms with Crippen molar-refractivity contribution in [3.05, 3.63) is 62.1 Å². The quantitative estimate of drug-likeness (QED) is 0.430. The molecule has 2 rings (SSSR count). The molecule has 0 fully saturated rings. The zero-order valence-corrected chi connectivity index (χ0v) is 18.1. The summed E-state index contributed by atoms with van der Waals surface area (Å²) in [5.41, 5.74) is 1.43. The molecule has 2 aromatic carbocycles. The number of hydrogen-bond donors (Lipinski definition) is 2. The Labute approximate surface area is 184 Å². The van der Waals surface area contributed by atoms with Gasteiger partial charge in [0, 0.05) is 30.8 Å². The maximum Gasteiger partial charge on any atom is 0.269 e. The smallest absolute Gasteiger partial charge is 0.269 e. The van der Waals surface area contributed by atoms with E-state index in [1.54, 1.807) is 25.1 Å². The number of para-hydroxylation sites is 1. The molecule has 10 heteroatoms. The van der Waals surface area contributed by atoms with Crippen LogP contribution in [0.2, 0.25) is 10.0 Å². The van der Waals surface area contributed by atoms with E-state index >= 15 is 0 Å². The summed E-state index contributed by atoms with van der Waals surface area (Å²) in [6.45, 7) is 4.56. The summed E-state index contributed by atoms with van der Waals surface area (Å²) < 4.78 is 0. The van der Waals surface area contributed by atoms with Gasteiger partial charge in [0.2, 0.25) is 11.8 Å². The van der Waals surface area contributed by atoms with Crippen molar-refractivity contribution in [2.24, 2.45) is 0 Å². The number of benzene rings is 2. The van der Waals surface area contributed by atoms with Gasteiger partial charge in [0.25, 0.3) is 5.69 Å². The Bertz CT molecular complexity index is 932. The number of aryl methyl sites for hydroxylation is 1. The molecule has 160 valence electrons. The number of rotatable bonds is 9. The number of hydrogen-bond acceptors (Lipinski definition) is 5. The fourth-order valence-electron chi connectivity index (χ4n) is 2.72. The van der Waals surface area contributed by atoms with Crippen molar-refractivity contribution in [1.29, 1.82) is 0 Å². The highest BCUT2D eigenvalue weighted by molar-refractivity contribution is 6.39. The second-order valence-corrected chi connectivity index (χ2v) is 7.38. The minimum atomic E-state index is -0.488. The summed E-state index contributed by atoms with van der Waals surface area (Å²) in [5.74, 6) is -0.543. The molecule has 0 radical (unpaired) electrons. The van der Waals surface area contributed by atoms with E-state index in [9.17, 15) is 19.7 Å². The van der Waals surface area contributed by atoms with Crippen LogP contribution in [0.1, 0.15) is 18.9 Å². The average Bonchev–Trinajstić information content (AvgIpc) is 2.69. The van der Waals surface area contributed by atoms with Gasteiger partial charge in [0.15, 0.2) is 0 Å². The molecule has 0 saturated carbocycles. The lowest BCUT2D eigenvalue weighted by Gasteiger charge is -2.20. The number of nitrogens with one attached hydrogen (secondary N) is 2. The van der Waals surface area contributed by atoms with Gasteiger partial charge in [0.05, 0.1) is 27.2 Å². The van der Waals surface area contributed by atoms with Crippen LogP contribution in [0.3, 0.4) is 0 Å². The Kier molecular flexibility index (Phi) is 8.58. The largest absolute Gasteiger partial charge is 0.326 e. The molecule has 0 atom stereocenters. The average molecular weight is 453 g/mol. The van der Waals surface area contributed by atoms with Crippen LogP contribution >= 0.6 is 23.2 Å². The second kappa shape index (κ2) is 10.9. The Balaban J connectivity index is 1.88. The number of carbonyl (C=O) groups is 2. The lowest BCUT2D eigenvalue weighted by molar-refractivity contribution is -0.384. The predicted octanol–water partition coefficient (Wildman–Crippen LogP) is 4.50. The first-order valence-electron chi connectivity index (χ1n) is 9.22. The zero-order valence-electron chi connectivity index (χ0n) is 16.6. The molecular formula is C20H22Cl2N4O4. The number of amides is 2. The van der Waals surface area contributed by atoms with E-state index in [0.29, 0.717) is 40.1 Å². The number of carbonyl (C=O) groups excluding carboxylic acids is 2. The molecule has 2 amide bonds. The van der Waals surface area contributed by atoms with Gasteiger partial charge < -0.3 is 10.6 Å². The van der Waals surface area contributed by atoms with E-state index in [4.69, 9.17) is 23.2 Å². The summed E-state index contributed by atoms with van der Waals surface area (Å²) in [7, 11) is 0. The first kappa shape index (κ1) is 23.6. The summed E-state index contributed by atoms with van der Waals surface area (Å²) >= 11 is 12.1. The first-order chi connectivity index (χ1) is 14.2. The molecule has 0 saturated heterocycles. The number of nitrogens with zero attached hydrogens (tertiary/aromatic N) is 2. The molecule has 0 unspecified atom stereocenters. The topological polar surface area (TPSA) is 105 Å². The fourth-order valence-corrected chi connectivity index (χ4v) is 3.21. The Morgan fingerprint density at radius 1 is 1.10 bits per heavy atom. The monoisotopic (exact) mass is 452 g/mol. The minimum absolute atomic E-state index is 0.0349. The Morgan fingerprint density at radius 3 is 2.33 bits per heavy atom. The first-order valence-corrected chi connectivity index (χ1v) is 9.98. The van der Waals surface area contributed by atoms with E-state index in [1.807, 2.05) is 11.8 Å². The van der Waals surface area contributed by atoms with Gasteiger partial charge in [-0.1, -0.05) is 36.2 Å². The standard InChI is InChI=1S/C20H22Cl2N4O4/c1-3-25(12-19(28)24-20-15(21)5-4-6-16(20)22)10-9-18(27)23-17-8-7-14(26(29)30)11-13(17)2/h4-8,11H,3,9-10,12H2,1-2H3,(H,23,27)(H,24,28). The van der Waals surface area contributed by atoms with Crippen molar-refractivity contribution >= 4 is 52.1 Å². The van der Waals surface area contributed by atoms with E-state index in [0.717, 1.165) is 0 Å². The zero-order chi connectivity index (χ0) is 22.3. The highest BCUT2D eigenvalue weighted by Crippen LogP contribution is 2.29. The van der Waals surface area contributed by atoms with Crippen molar-refractivity contribution in [1.82, 2.24) is 4.90 Å². The molecule has 2 aromatic rings. The van der Waals surface area contributed by atoms with Crippen molar-refractivity contribution in [2.75, 3.05) is 30.3 Å². The van der Waals surface area contributed by atoms with Gasteiger partial charge in [-0.3, -0.25) is 24.6 Å². The number of nitro groups is 1. The van der Waals surface area contributed by atoms with E-state index < -0.39 is 4.92 Å². The molecule has 0 aromatic heterocycles. The number of halogens is 2. The third kappa shape index (κ3) is 6.69. The summed E-state index contributed by atoms with van der Waals surface area (Å²) in [6, 6.07) is 9.19. The number of non-ortho nitro benzene ring substituents is 1. The van der Waals surface area contributed by atoms with Gasteiger partial charge in [-0.05, 0) is 37.2 Å². The predicted molar refractivity (Wildman–Crippen MR) is 118 cm³/mol. The van der Waals surface area contributed by atoms with Crippen LogP contribution in [0, 0.1) is 17.0 Å². The minimum Gasteiger partial charge on any atom is -0.326 e. The molecule has 0 heterocycles. The third-order valence-electron chi connectivity index (χ3n) is 4.39. The van der Waals surface area contributed by atoms with Gasteiger partial charge >= 0.3 is 0 Å². The summed E-state index contributed by atoms with van der Waals surface area (Å²) in [6.07, 6.45) is 0.157. The van der Waals surface area contributed by atoms with E-state index in [1.165, 1.54) is 18.2 Å². The molecule has 0 spiro atoms. The van der Waals surface area contributed by atoms with Crippen LogP contribution in [-0.2, 0) is 9.59 Å². The van der Waals surface area contributed by atoms with E-state index in [-0.39, 0.29) is 30.5 Å². The van der Waals surface area contributed by atoms with Crippen molar-refractivity contribution in [2.45, 2.75) is 20.3 Å². The molecule has 0 aliphatic heterocycles. The van der Waals surface area contributed by atoms with Crippen molar-refractivity contribution in [3.63, 3.8) is 0 Å². The second-order valence-electron chi connectivity index (χ2n) is 6.57. The highest BCUT2D eigenvalue weighted by atomic mass is 35.5. The molecular weight excluding hydrogens is 431 g/mol. The normalized spacial score (nSPS) is 10.7.